The monoisotopic (exact) mass is 203 g/mol. The fourth-order valence-electron chi connectivity index (χ4n) is 0.963. The van der Waals surface area contributed by atoms with Crippen LogP contribution in [0, 0.1) is 5.92 Å². The van der Waals surface area contributed by atoms with Crippen LogP contribution in [0.2, 0.25) is 0 Å². The first-order valence-electron chi connectivity index (χ1n) is 4.95. The molecular formula is C10H21NO3. The van der Waals surface area contributed by atoms with E-state index >= 15 is 0 Å². The molecule has 0 aliphatic carbocycles. The van der Waals surface area contributed by atoms with Crippen LogP contribution in [0.4, 0.5) is 0 Å². The molecular weight excluding hydrogens is 182 g/mol. The Balaban J connectivity index is 3.63. The van der Waals surface area contributed by atoms with Crippen LogP contribution in [0.1, 0.15) is 27.2 Å². The van der Waals surface area contributed by atoms with Gasteiger partial charge in [-0.1, -0.05) is 13.8 Å². The molecule has 0 heterocycles. The molecule has 0 rings (SSSR count). The van der Waals surface area contributed by atoms with E-state index in [0.717, 1.165) is 0 Å². The lowest BCUT2D eigenvalue weighted by Gasteiger charge is -2.18. The molecule has 0 saturated carbocycles. The predicted molar refractivity (Wildman–Crippen MR) is 54.9 cm³/mol. The van der Waals surface area contributed by atoms with Gasteiger partial charge in [0, 0.05) is 12.6 Å². The van der Waals surface area contributed by atoms with E-state index in [4.69, 9.17) is 0 Å². The number of hydrogen-bond donors (Lipinski definition) is 2. The minimum absolute atomic E-state index is 0.0378. The maximum atomic E-state index is 10.9. The molecule has 14 heavy (non-hydrogen) atoms. The van der Waals surface area contributed by atoms with Gasteiger partial charge in [0.15, 0.2) is 0 Å². The molecule has 4 heteroatoms. The van der Waals surface area contributed by atoms with Crippen LogP contribution >= 0.6 is 0 Å². The predicted octanol–water partition coefficient (Wildman–Crippen LogP) is 0.544. The van der Waals surface area contributed by atoms with E-state index in [9.17, 15) is 9.90 Å². The van der Waals surface area contributed by atoms with Crippen LogP contribution in [-0.4, -0.2) is 36.9 Å². The van der Waals surface area contributed by atoms with Crippen molar-refractivity contribution in [3.05, 3.63) is 0 Å². The number of nitrogens with one attached hydrogen (secondary N) is 1. The van der Waals surface area contributed by atoms with Gasteiger partial charge >= 0.3 is 5.97 Å². The molecule has 2 unspecified atom stereocenters. The maximum Gasteiger partial charge on any atom is 0.307 e. The summed E-state index contributed by atoms with van der Waals surface area (Å²) in [6.07, 6.45) is -0.0310. The molecule has 0 fully saturated rings. The van der Waals surface area contributed by atoms with Gasteiger partial charge < -0.3 is 15.2 Å². The molecule has 0 aromatic heterocycles. The Morgan fingerprint density at radius 1 is 1.43 bits per heavy atom. The maximum absolute atomic E-state index is 10.9. The molecule has 0 aliphatic rings. The number of methoxy groups -OCH3 is 1. The number of rotatable bonds is 6. The van der Waals surface area contributed by atoms with E-state index in [1.165, 1.54) is 7.11 Å². The van der Waals surface area contributed by atoms with Crippen molar-refractivity contribution in [2.45, 2.75) is 39.3 Å². The van der Waals surface area contributed by atoms with E-state index < -0.39 is 0 Å². The van der Waals surface area contributed by atoms with Crippen molar-refractivity contribution in [2.75, 3.05) is 13.7 Å². The zero-order valence-corrected chi connectivity index (χ0v) is 9.41. The number of aliphatic hydroxyl groups is 1. The van der Waals surface area contributed by atoms with E-state index in [-0.39, 0.29) is 24.0 Å². The second-order valence-electron chi connectivity index (χ2n) is 3.90. The molecule has 0 bridgehead atoms. The Labute approximate surface area is 85.6 Å². The average Bonchev–Trinajstić information content (AvgIpc) is 2.13. The number of ether oxygens (including phenoxy) is 1. The summed E-state index contributed by atoms with van der Waals surface area (Å²) in [5.74, 6) is -0.00290. The summed E-state index contributed by atoms with van der Waals surface area (Å²) in [6.45, 7) is 6.31. The normalized spacial score (nSPS) is 15.3. The Morgan fingerprint density at radius 2 is 2.00 bits per heavy atom. The molecule has 4 nitrogen and oxygen atoms in total. The highest BCUT2D eigenvalue weighted by Gasteiger charge is 2.12. The highest BCUT2D eigenvalue weighted by Crippen LogP contribution is 2.00. The van der Waals surface area contributed by atoms with Gasteiger partial charge in [0.25, 0.3) is 0 Å². The van der Waals surface area contributed by atoms with Gasteiger partial charge in [0.1, 0.15) is 0 Å². The minimum Gasteiger partial charge on any atom is -0.469 e. The third kappa shape index (κ3) is 5.94. The zero-order valence-electron chi connectivity index (χ0n) is 9.41. The Kier molecular flexibility index (Phi) is 6.49. The number of hydrogen-bond acceptors (Lipinski definition) is 4. The molecule has 2 N–H and O–H groups in total. The van der Waals surface area contributed by atoms with Gasteiger partial charge in [-0.05, 0) is 12.8 Å². The standard InChI is InChI=1S/C10H21NO3/c1-7(2)9(12)6-11-8(3)5-10(13)14-4/h7-9,11-12H,5-6H2,1-4H3. The third-order valence-electron chi connectivity index (χ3n) is 2.15. The summed E-state index contributed by atoms with van der Waals surface area (Å²) in [4.78, 5) is 10.9. The fraction of sp³-hybridized carbons (Fsp3) is 0.900. The third-order valence-corrected chi connectivity index (χ3v) is 2.15. The zero-order chi connectivity index (χ0) is 11.1. The average molecular weight is 203 g/mol. The van der Waals surface area contributed by atoms with E-state index in [1.54, 1.807) is 0 Å². The first kappa shape index (κ1) is 13.4. The summed E-state index contributed by atoms with van der Waals surface area (Å²) in [5.41, 5.74) is 0. The van der Waals surface area contributed by atoms with Crippen molar-refractivity contribution in [2.24, 2.45) is 5.92 Å². The van der Waals surface area contributed by atoms with Gasteiger partial charge in [0.05, 0.1) is 19.6 Å². The molecule has 0 aromatic carbocycles. The largest absolute Gasteiger partial charge is 0.469 e. The van der Waals surface area contributed by atoms with E-state index in [1.807, 2.05) is 20.8 Å². The fourth-order valence-corrected chi connectivity index (χ4v) is 0.963. The summed E-state index contributed by atoms with van der Waals surface area (Å²) >= 11 is 0. The summed E-state index contributed by atoms with van der Waals surface area (Å²) in [7, 11) is 1.37. The Morgan fingerprint density at radius 3 is 2.43 bits per heavy atom. The van der Waals surface area contributed by atoms with Crippen LogP contribution in [-0.2, 0) is 9.53 Å². The van der Waals surface area contributed by atoms with Crippen LogP contribution in [0.5, 0.6) is 0 Å². The lowest BCUT2D eigenvalue weighted by molar-refractivity contribution is -0.141. The highest BCUT2D eigenvalue weighted by molar-refractivity contribution is 5.69. The molecule has 2 atom stereocenters. The number of carbonyl (C=O) groups excluding carboxylic acids is 1. The van der Waals surface area contributed by atoms with Gasteiger partial charge in [-0.2, -0.15) is 0 Å². The highest BCUT2D eigenvalue weighted by atomic mass is 16.5. The van der Waals surface area contributed by atoms with Crippen LogP contribution in [0.15, 0.2) is 0 Å². The van der Waals surface area contributed by atoms with Crippen molar-refractivity contribution in [1.29, 1.82) is 0 Å². The van der Waals surface area contributed by atoms with Gasteiger partial charge in [0.2, 0.25) is 0 Å². The lowest BCUT2D eigenvalue weighted by Crippen LogP contribution is -2.37. The molecule has 0 aromatic rings. The van der Waals surface area contributed by atoms with Gasteiger partial charge in [-0.3, -0.25) is 4.79 Å². The van der Waals surface area contributed by atoms with Crippen molar-refractivity contribution in [3.63, 3.8) is 0 Å². The van der Waals surface area contributed by atoms with Crippen molar-refractivity contribution >= 4 is 5.97 Å². The molecule has 0 radical (unpaired) electrons. The molecule has 0 spiro atoms. The van der Waals surface area contributed by atoms with Crippen molar-refractivity contribution < 1.29 is 14.6 Å². The topological polar surface area (TPSA) is 58.6 Å². The summed E-state index contributed by atoms with van der Waals surface area (Å²) < 4.78 is 4.53. The number of carbonyl (C=O) groups is 1. The number of aliphatic hydroxyl groups excluding tert-OH is 1. The second kappa shape index (κ2) is 6.79. The first-order chi connectivity index (χ1) is 6.47. The Bertz CT molecular complexity index is 171. The van der Waals surface area contributed by atoms with Crippen molar-refractivity contribution in [1.82, 2.24) is 5.32 Å². The lowest BCUT2D eigenvalue weighted by atomic mass is 10.1. The first-order valence-corrected chi connectivity index (χ1v) is 4.95. The van der Waals surface area contributed by atoms with E-state index in [0.29, 0.717) is 13.0 Å². The molecule has 0 saturated heterocycles. The Hall–Kier alpha value is -0.610. The minimum atomic E-state index is -0.366. The quantitative estimate of drug-likeness (QED) is 0.619. The van der Waals surface area contributed by atoms with Crippen molar-refractivity contribution in [3.8, 4) is 0 Å². The molecule has 0 amide bonds. The molecule has 0 aliphatic heterocycles. The van der Waals surface area contributed by atoms with Gasteiger partial charge in [-0.25, -0.2) is 0 Å². The molecule has 84 valence electrons. The van der Waals surface area contributed by atoms with Crippen LogP contribution in [0.3, 0.4) is 0 Å². The second-order valence-corrected chi connectivity index (χ2v) is 3.90. The SMILES string of the molecule is COC(=O)CC(C)NCC(O)C(C)C. The smallest absolute Gasteiger partial charge is 0.307 e. The summed E-state index contributed by atoms with van der Waals surface area (Å²) in [5, 5.41) is 12.6. The summed E-state index contributed by atoms with van der Waals surface area (Å²) in [6, 6.07) is 0.0378. The van der Waals surface area contributed by atoms with E-state index in [2.05, 4.69) is 10.1 Å². The van der Waals surface area contributed by atoms with Crippen LogP contribution < -0.4 is 5.32 Å². The van der Waals surface area contributed by atoms with Gasteiger partial charge in [-0.15, -0.1) is 0 Å². The number of esters is 1. The van der Waals surface area contributed by atoms with Crippen LogP contribution in [0.25, 0.3) is 0 Å².